The van der Waals surface area contributed by atoms with Crippen LogP contribution in [0, 0.1) is 11.7 Å². The van der Waals surface area contributed by atoms with E-state index in [0.29, 0.717) is 43.2 Å². The van der Waals surface area contributed by atoms with Crippen molar-refractivity contribution in [2.24, 2.45) is 13.0 Å². The van der Waals surface area contributed by atoms with Gasteiger partial charge in [-0.15, -0.1) is 0 Å². The van der Waals surface area contributed by atoms with Crippen molar-refractivity contribution in [2.45, 2.75) is 19.8 Å². The van der Waals surface area contributed by atoms with Gasteiger partial charge in [0.15, 0.2) is 0 Å². The molecule has 1 aromatic heterocycles. The van der Waals surface area contributed by atoms with Crippen LogP contribution in [-0.2, 0) is 23.0 Å². The topological polar surface area (TPSA) is 89.9 Å². The van der Waals surface area contributed by atoms with Gasteiger partial charge in [-0.3, -0.25) is 9.59 Å². The van der Waals surface area contributed by atoms with Crippen LogP contribution >= 0.6 is 11.6 Å². The molecule has 0 radical (unpaired) electrons. The molecule has 218 valence electrons. The number of anilines is 1. The number of benzene rings is 3. The third-order valence-electron chi connectivity index (χ3n) is 7.36. The molecule has 42 heavy (non-hydrogen) atoms. The summed E-state index contributed by atoms with van der Waals surface area (Å²) in [5, 5.41) is 3.62. The van der Waals surface area contributed by atoms with Crippen LogP contribution in [-0.4, -0.2) is 53.6 Å². The third-order valence-corrected chi connectivity index (χ3v) is 7.67. The number of esters is 1. The summed E-state index contributed by atoms with van der Waals surface area (Å²) in [6.45, 7) is 3.51. The first kappa shape index (κ1) is 29.1. The lowest BCUT2D eigenvalue weighted by Crippen LogP contribution is -2.31. The number of amides is 2. The molecule has 1 aliphatic rings. The fraction of sp³-hybridized carbons (Fsp3) is 0.281. The molecule has 0 unspecified atom stereocenters. The van der Waals surface area contributed by atoms with Gasteiger partial charge < -0.3 is 24.3 Å². The van der Waals surface area contributed by atoms with Gasteiger partial charge >= 0.3 is 5.97 Å². The zero-order valence-electron chi connectivity index (χ0n) is 23.4. The summed E-state index contributed by atoms with van der Waals surface area (Å²) in [5.41, 5.74) is 2.10. The average Bonchev–Trinajstić information content (AvgIpc) is 3.60. The second-order valence-corrected chi connectivity index (χ2v) is 10.7. The summed E-state index contributed by atoms with van der Waals surface area (Å²) in [6, 6.07) is 16.8. The van der Waals surface area contributed by atoms with E-state index < -0.39 is 11.7 Å². The summed E-state index contributed by atoms with van der Waals surface area (Å²) < 4.78 is 27.8. The molecular weight excluding hydrogens is 561 g/mol. The number of carbonyl (C=O) groups is 3. The molecule has 2 amide bonds. The highest BCUT2D eigenvalue weighted by Gasteiger charge is 2.28. The molecule has 0 spiro atoms. The van der Waals surface area contributed by atoms with Crippen LogP contribution in [0.1, 0.15) is 39.6 Å². The van der Waals surface area contributed by atoms with Crippen molar-refractivity contribution in [3.05, 3.63) is 94.4 Å². The lowest BCUT2D eigenvalue weighted by molar-refractivity contribution is -0.129. The monoisotopic (exact) mass is 591 g/mol. The van der Waals surface area contributed by atoms with Crippen LogP contribution in [0.3, 0.4) is 0 Å². The summed E-state index contributed by atoms with van der Waals surface area (Å²) in [6.07, 6.45) is 2.33. The van der Waals surface area contributed by atoms with Gasteiger partial charge in [0.05, 0.1) is 41.5 Å². The van der Waals surface area contributed by atoms with Gasteiger partial charge in [-0.25, -0.2) is 9.18 Å². The van der Waals surface area contributed by atoms with Gasteiger partial charge in [-0.05, 0) is 61.4 Å². The van der Waals surface area contributed by atoms with Crippen LogP contribution in [0.15, 0.2) is 66.9 Å². The van der Waals surface area contributed by atoms with Gasteiger partial charge in [0.25, 0.3) is 5.91 Å². The van der Waals surface area contributed by atoms with E-state index >= 15 is 4.39 Å². The Morgan fingerprint density at radius 3 is 2.62 bits per heavy atom. The lowest BCUT2D eigenvalue weighted by Gasteiger charge is -2.18. The average molecular weight is 592 g/mol. The number of para-hydroxylation sites is 1. The number of hydrogen-bond acceptors (Lipinski definition) is 5. The van der Waals surface area contributed by atoms with E-state index in [1.165, 1.54) is 6.07 Å². The van der Waals surface area contributed by atoms with Crippen molar-refractivity contribution in [3.8, 4) is 5.75 Å². The van der Waals surface area contributed by atoms with Crippen LogP contribution in [0.2, 0.25) is 5.02 Å². The van der Waals surface area contributed by atoms with Crippen LogP contribution < -0.4 is 10.1 Å². The molecule has 1 N–H and O–H groups in total. The molecule has 1 atom stereocenters. The zero-order valence-corrected chi connectivity index (χ0v) is 24.1. The van der Waals surface area contributed by atoms with Crippen molar-refractivity contribution in [1.29, 1.82) is 0 Å². The van der Waals surface area contributed by atoms with Crippen LogP contribution in [0.4, 0.5) is 10.1 Å². The zero-order chi connectivity index (χ0) is 29.8. The molecule has 1 saturated heterocycles. The maximum absolute atomic E-state index is 15.1. The Hall–Kier alpha value is -4.37. The third kappa shape index (κ3) is 6.41. The number of rotatable bonds is 9. The summed E-state index contributed by atoms with van der Waals surface area (Å²) >= 11 is 6.41. The summed E-state index contributed by atoms with van der Waals surface area (Å²) in [7, 11) is 1.85. The molecule has 1 aliphatic heterocycles. The maximum Gasteiger partial charge on any atom is 0.338 e. The minimum Gasteiger partial charge on any atom is -0.493 e. The number of hydrogen-bond donors (Lipinski definition) is 1. The number of halogens is 2. The van der Waals surface area contributed by atoms with Crippen molar-refractivity contribution in [3.63, 3.8) is 0 Å². The molecule has 0 saturated carbocycles. The second-order valence-electron chi connectivity index (χ2n) is 10.3. The quantitative estimate of drug-likeness (QED) is 0.246. The molecule has 10 heteroatoms. The highest BCUT2D eigenvalue weighted by atomic mass is 35.5. The second kappa shape index (κ2) is 12.7. The number of ether oxygens (including phenoxy) is 2. The number of aryl methyl sites for hydroxylation is 1. The number of nitrogens with one attached hydrogen (secondary N) is 1. The normalized spacial score (nSPS) is 14.7. The molecule has 5 rings (SSSR count). The van der Waals surface area contributed by atoms with Gasteiger partial charge in [0.1, 0.15) is 11.6 Å². The Balaban J connectivity index is 1.15. The standard InChI is InChI=1S/C32H31ClFN3O5/c1-3-41-32(40)21-8-10-23(11-9-21)42-19-20-12-13-37(17-20)30(38)15-22-14-26(33)28(16-27(22)34)35-31(39)25-18-36(2)29-7-5-4-6-24(25)29/h4-11,14,16,18,20H,3,12-13,15,17,19H2,1-2H3,(H,35,39)/t20-/m1/s1. The van der Waals surface area contributed by atoms with E-state index in [1.807, 2.05) is 35.9 Å². The van der Waals surface area contributed by atoms with E-state index in [-0.39, 0.29) is 40.5 Å². The highest BCUT2D eigenvalue weighted by Crippen LogP contribution is 2.29. The van der Waals surface area contributed by atoms with Crippen molar-refractivity contribution in [1.82, 2.24) is 9.47 Å². The fourth-order valence-corrected chi connectivity index (χ4v) is 5.35. The molecule has 0 aliphatic carbocycles. The predicted molar refractivity (Wildman–Crippen MR) is 159 cm³/mol. The summed E-state index contributed by atoms with van der Waals surface area (Å²) in [4.78, 5) is 39.5. The minimum atomic E-state index is -0.619. The smallest absolute Gasteiger partial charge is 0.338 e. The van der Waals surface area contributed by atoms with Crippen molar-refractivity contribution >= 4 is 46.0 Å². The molecule has 0 bridgehead atoms. The molecule has 2 heterocycles. The largest absolute Gasteiger partial charge is 0.493 e. The number of nitrogens with zero attached hydrogens (tertiary/aromatic N) is 2. The fourth-order valence-electron chi connectivity index (χ4n) is 5.12. The van der Waals surface area contributed by atoms with Crippen LogP contribution in [0.5, 0.6) is 5.75 Å². The number of carbonyl (C=O) groups excluding carboxylic acids is 3. The predicted octanol–water partition coefficient (Wildman–Crippen LogP) is 5.87. The molecule has 8 nitrogen and oxygen atoms in total. The molecule has 3 aromatic carbocycles. The molecule has 4 aromatic rings. The molecular formula is C32H31ClFN3O5. The first-order valence-corrected chi connectivity index (χ1v) is 14.1. The van der Waals surface area contributed by atoms with E-state index in [2.05, 4.69) is 5.32 Å². The van der Waals surface area contributed by atoms with Gasteiger partial charge in [-0.2, -0.15) is 0 Å². The van der Waals surface area contributed by atoms with Gasteiger partial charge in [0, 0.05) is 43.2 Å². The minimum absolute atomic E-state index is 0.124. The highest BCUT2D eigenvalue weighted by molar-refractivity contribution is 6.34. The number of fused-ring (bicyclic) bond motifs is 1. The van der Waals surface area contributed by atoms with Crippen molar-refractivity contribution in [2.75, 3.05) is 31.6 Å². The Bertz CT molecular complexity index is 1640. The maximum atomic E-state index is 15.1. The number of aromatic nitrogens is 1. The SMILES string of the molecule is CCOC(=O)c1ccc(OC[C@@H]2CCN(C(=O)Cc3cc(Cl)c(NC(=O)c4cn(C)c5ccccc45)cc3F)C2)cc1. The van der Waals surface area contributed by atoms with Crippen LogP contribution in [0.25, 0.3) is 10.9 Å². The number of likely N-dealkylation sites (tertiary alicyclic amines) is 1. The Labute approximate surface area is 248 Å². The van der Waals surface area contributed by atoms with E-state index in [9.17, 15) is 14.4 Å². The van der Waals surface area contributed by atoms with Gasteiger partial charge in [-0.1, -0.05) is 29.8 Å². The first-order valence-electron chi connectivity index (χ1n) is 13.7. The van der Waals surface area contributed by atoms with E-state index in [0.717, 1.165) is 23.4 Å². The summed E-state index contributed by atoms with van der Waals surface area (Å²) in [5.74, 6) is -0.870. The van der Waals surface area contributed by atoms with Crippen molar-refractivity contribution < 1.29 is 28.2 Å². The Morgan fingerprint density at radius 2 is 1.86 bits per heavy atom. The Kier molecular flexibility index (Phi) is 8.77. The van der Waals surface area contributed by atoms with Gasteiger partial charge in [0.2, 0.25) is 5.91 Å². The molecule has 1 fully saturated rings. The first-order chi connectivity index (χ1) is 20.2. The Morgan fingerprint density at radius 1 is 1.10 bits per heavy atom. The van der Waals surface area contributed by atoms with E-state index in [4.69, 9.17) is 21.1 Å². The lowest BCUT2D eigenvalue weighted by atomic mass is 10.1. The van der Waals surface area contributed by atoms with E-state index in [1.54, 1.807) is 42.3 Å².